The predicted molar refractivity (Wildman–Crippen MR) is 97.1 cm³/mol. The van der Waals surface area contributed by atoms with Crippen LogP contribution in [0.3, 0.4) is 0 Å². The summed E-state index contributed by atoms with van der Waals surface area (Å²) in [5.74, 6) is 0.700. The number of halogens is 1. The largest absolute Gasteiger partial charge is 0.492 e. The molecule has 23 heavy (non-hydrogen) atoms. The molecule has 0 aliphatic heterocycles. The van der Waals surface area contributed by atoms with E-state index in [1.54, 1.807) is 0 Å². The Kier molecular flexibility index (Phi) is 5.83. The van der Waals surface area contributed by atoms with E-state index in [0.717, 1.165) is 10.2 Å². The van der Waals surface area contributed by atoms with Gasteiger partial charge in [0.2, 0.25) is 0 Å². The van der Waals surface area contributed by atoms with Gasteiger partial charge in [-0.1, -0.05) is 54.9 Å². The lowest BCUT2D eigenvalue weighted by Crippen LogP contribution is -2.28. The number of hydrogen-bond acceptors (Lipinski definition) is 2. The van der Waals surface area contributed by atoms with Crippen LogP contribution in [0.4, 0.5) is 0 Å². The third-order valence-corrected chi connectivity index (χ3v) is 3.96. The first kappa shape index (κ1) is 17.5. The van der Waals surface area contributed by atoms with Crippen LogP contribution in [0.1, 0.15) is 36.7 Å². The van der Waals surface area contributed by atoms with E-state index >= 15 is 0 Å². The van der Waals surface area contributed by atoms with Crippen molar-refractivity contribution in [1.82, 2.24) is 5.32 Å². The van der Waals surface area contributed by atoms with Gasteiger partial charge in [-0.05, 0) is 41.3 Å². The SMILES string of the molecule is CC(C)(C)c1ccc(C(=O)NCCOc2cccc(Br)c2)cc1. The Labute approximate surface area is 146 Å². The summed E-state index contributed by atoms with van der Waals surface area (Å²) in [4.78, 5) is 12.1. The minimum atomic E-state index is -0.0803. The third-order valence-electron chi connectivity index (χ3n) is 3.47. The molecule has 1 amide bonds. The molecule has 0 saturated heterocycles. The number of benzene rings is 2. The molecule has 2 rings (SSSR count). The molecule has 3 nitrogen and oxygen atoms in total. The van der Waals surface area contributed by atoms with Gasteiger partial charge in [0.1, 0.15) is 12.4 Å². The Balaban J connectivity index is 1.81. The second kappa shape index (κ2) is 7.64. The van der Waals surface area contributed by atoms with Crippen LogP contribution < -0.4 is 10.1 Å². The average Bonchev–Trinajstić information content (AvgIpc) is 2.51. The van der Waals surface area contributed by atoms with Crippen LogP contribution in [0, 0.1) is 0 Å². The zero-order valence-corrected chi connectivity index (χ0v) is 15.3. The van der Waals surface area contributed by atoms with Gasteiger partial charge in [0, 0.05) is 10.0 Å². The van der Waals surface area contributed by atoms with E-state index in [-0.39, 0.29) is 11.3 Å². The van der Waals surface area contributed by atoms with Crippen molar-refractivity contribution in [2.45, 2.75) is 26.2 Å². The molecule has 0 bridgehead atoms. The standard InChI is InChI=1S/C19H22BrNO2/c1-19(2,3)15-9-7-14(8-10-15)18(22)21-11-12-23-17-6-4-5-16(20)13-17/h4-10,13H,11-12H2,1-3H3,(H,21,22). The third kappa shape index (κ3) is 5.39. The minimum absolute atomic E-state index is 0.0803. The molecule has 0 heterocycles. The zero-order chi connectivity index (χ0) is 16.9. The molecular formula is C19H22BrNO2. The predicted octanol–water partition coefficient (Wildman–Crippen LogP) is 4.56. The van der Waals surface area contributed by atoms with Crippen LogP contribution in [0.2, 0.25) is 0 Å². The highest BCUT2D eigenvalue weighted by Crippen LogP contribution is 2.22. The molecule has 0 aliphatic carbocycles. The molecule has 1 N–H and O–H groups in total. The van der Waals surface area contributed by atoms with Crippen LogP contribution in [0.5, 0.6) is 5.75 Å². The molecule has 0 atom stereocenters. The molecule has 2 aromatic rings. The van der Waals surface area contributed by atoms with E-state index in [2.05, 4.69) is 42.0 Å². The van der Waals surface area contributed by atoms with Gasteiger partial charge in [0.15, 0.2) is 0 Å². The number of ether oxygens (including phenoxy) is 1. The van der Waals surface area contributed by atoms with Crippen LogP contribution >= 0.6 is 15.9 Å². The quantitative estimate of drug-likeness (QED) is 0.778. The molecule has 0 radical (unpaired) electrons. The lowest BCUT2D eigenvalue weighted by Gasteiger charge is -2.19. The summed E-state index contributed by atoms with van der Waals surface area (Å²) >= 11 is 3.39. The van der Waals surface area contributed by atoms with E-state index in [1.807, 2.05) is 48.5 Å². The molecule has 2 aromatic carbocycles. The van der Waals surface area contributed by atoms with Gasteiger partial charge in [-0.2, -0.15) is 0 Å². The molecular weight excluding hydrogens is 354 g/mol. The molecule has 0 aromatic heterocycles. The summed E-state index contributed by atoms with van der Waals surface area (Å²) in [5, 5.41) is 2.87. The van der Waals surface area contributed by atoms with Crippen molar-refractivity contribution >= 4 is 21.8 Å². The van der Waals surface area contributed by atoms with E-state index < -0.39 is 0 Å². The molecule has 4 heteroatoms. The Morgan fingerprint density at radius 2 is 1.83 bits per heavy atom. The highest BCUT2D eigenvalue weighted by Gasteiger charge is 2.14. The Bertz CT molecular complexity index is 660. The Hall–Kier alpha value is -1.81. The van der Waals surface area contributed by atoms with E-state index in [9.17, 15) is 4.79 Å². The zero-order valence-electron chi connectivity index (χ0n) is 13.7. The molecule has 0 saturated carbocycles. The maximum atomic E-state index is 12.1. The van der Waals surface area contributed by atoms with Gasteiger partial charge in [-0.25, -0.2) is 0 Å². The first-order valence-electron chi connectivity index (χ1n) is 7.63. The van der Waals surface area contributed by atoms with Crippen LogP contribution in [0.15, 0.2) is 53.0 Å². The van der Waals surface area contributed by atoms with Crippen LogP contribution in [-0.4, -0.2) is 19.1 Å². The number of rotatable bonds is 5. The summed E-state index contributed by atoms with van der Waals surface area (Å²) in [6.45, 7) is 7.36. The second-order valence-corrected chi connectivity index (χ2v) is 7.30. The lowest BCUT2D eigenvalue weighted by atomic mass is 9.87. The van der Waals surface area contributed by atoms with Gasteiger partial charge in [0.25, 0.3) is 5.91 Å². The monoisotopic (exact) mass is 375 g/mol. The van der Waals surface area contributed by atoms with E-state index in [4.69, 9.17) is 4.74 Å². The first-order valence-corrected chi connectivity index (χ1v) is 8.43. The maximum absolute atomic E-state index is 12.1. The van der Waals surface area contributed by atoms with Gasteiger partial charge >= 0.3 is 0 Å². The highest BCUT2D eigenvalue weighted by molar-refractivity contribution is 9.10. The van der Waals surface area contributed by atoms with Gasteiger partial charge < -0.3 is 10.1 Å². The van der Waals surface area contributed by atoms with Crippen molar-refractivity contribution < 1.29 is 9.53 Å². The summed E-state index contributed by atoms with van der Waals surface area (Å²) in [6, 6.07) is 15.4. The van der Waals surface area contributed by atoms with Crippen molar-refractivity contribution in [3.63, 3.8) is 0 Å². The number of nitrogens with one attached hydrogen (secondary N) is 1. The van der Waals surface area contributed by atoms with Crippen molar-refractivity contribution in [3.05, 3.63) is 64.1 Å². The fourth-order valence-corrected chi connectivity index (χ4v) is 2.49. The normalized spacial score (nSPS) is 11.1. The van der Waals surface area contributed by atoms with Crippen molar-refractivity contribution in [3.8, 4) is 5.75 Å². The van der Waals surface area contributed by atoms with E-state index in [1.165, 1.54) is 5.56 Å². The fourth-order valence-electron chi connectivity index (χ4n) is 2.11. The summed E-state index contributed by atoms with van der Waals surface area (Å²) in [7, 11) is 0. The average molecular weight is 376 g/mol. The molecule has 0 aliphatic rings. The highest BCUT2D eigenvalue weighted by atomic mass is 79.9. The van der Waals surface area contributed by atoms with Crippen LogP contribution in [0.25, 0.3) is 0 Å². The van der Waals surface area contributed by atoms with E-state index in [0.29, 0.717) is 18.7 Å². The smallest absolute Gasteiger partial charge is 0.251 e. The molecule has 0 unspecified atom stereocenters. The number of carbonyl (C=O) groups excluding carboxylic acids is 1. The summed E-state index contributed by atoms with van der Waals surface area (Å²) in [6.07, 6.45) is 0. The van der Waals surface area contributed by atoms with Crippen LogP contribution in [-0.2, 0) is 5.41 Å². The van der Waals surface area contributed by atoms with Gasteiger partial charge in [-0.15, -0.1) is 0 Å². The minimum Gasteiger partial charge on any atom is -0.492 e. The number of carbonyl (C=O) groups is 1. The number of hydrogen-bond donors (Lipinski definition) is 1. The molecule has 0 fully saturated rings. The topological polar surface area (TPSA) is 38.3 Å². The number of amides is 1. The van der Waals surface area contributed by atoms with Crippen molar-refractivity contribution in [2.75, 3.05) is 13.2 Å². The molecule has 122 valence electrons. The maximum Gasteiger partial charge on any atom is 0.251 e. The Morgan fingerprint density at radius 3 is 2.43 bits per heavy atom. The van der Waals surface area contributed by atoms with Crippen molar-refractivity contribution in [1.29, 1.82) is 0 Å². The van der Waals surface area contributed by atoms with Crippen molar-refractivity contribution in [2.24, 2.45) is 0 Å². The summed E-state index contributed by atoms with van der Waals surface area (Å²) in [5.41, 5.74) is 1.97. The Morgan fingerprint density at radius 1 is 1.13 bits per heavy atom. The fraction of sp³-hybridized carbons (Fsp3) is 0.316. The lowest BCUT2D eigenvalue weighted by molar-refractivity contribution is 0.0947. The summed E-state index contributed by atoms with van der Waals surface area (Å²) < 4.78 is 6.56. The molecule has 0 spiro atoms. The second-order valence-electron chi connectivity index (χ2n) is 6.39. The first-order chi connectivity index (χ1) is 10.9. The van der Waals surface area contributed by atoms with Gasteiger partial charge in [-0.3, -0.25) is 4.79 Å². The van der Waals surface area contributed by atoms with Gasteiger partial charge in [0.05, 0.1) is 6.54 Å².